The Hall–Kier alpha value is -2.80. The van der Waals surface area contributed by atoms with Gasteiger partial charge in [0, 0.05) is 17.6 Å². The standard InChI is InChI=1S/C21H23N3O3S/c1-13-17(21(22)25)9-19(24(13)10-14-3-4-14)18-12-28-20(23-18)11-27-16-7-5-15(26-2)6-8-16/h5-9,12,14H,3-4,10-11H2,1-2H3,(H2,22,25). The van der Waals surface area contributed by atoms with Crippen LogP contribution >= 0.6 is 11.3 Å². The number of thiazole rings is 1. The van der Waals surface area contributed by atoms with Crippen molar-refractivity contribution in [2.24, 2.45) is 11.7 Å². The normalized spacial score (nSPS) is 13.5. The molecule has 0 spiro atoms. The zero-order chi connectivity index (χ0) is 19.7. The van der Waals surface area contributed by atoms with Crippen molar-refractivity contribution < 1.29 is 14.3 Å². The Labute approximate surface area is 167 Å². The van der Waals surface area contributed by atoms with E-state index in [-0.39, 0.29) is 0 Å². The van der Waals surface area contributed by atoms with Crippen molar-refractivity contribution >= 4 is 17.2 Å². The first kappa shape index (κ1) is 18.6. The van der Waals surface area contributed by atoms with E-state index in [0.29, 0.717) is 18.1 Å². The molecule has 2 N–H and O–H groups in total. The van der Waals surface area contributed by atoms with Crippen molar-refractivity contribution in [2.45, 2.75) is 32.9 Å². The fourth-order valence-corrected chi connectivity index (χ4v) is 3.91. The number of amides is 1. The predicted molar refractivity (Wildman–Crippen MR) is 109 cm³/mol. The van der Waals surface area contributed by atoms with Gasteiger partial charge in [-0.1, -0.05) is 0 Å². The number of hydrogen-bond donors (Lipinski definition) is 1. The van der Waals surface area contributed by atoms with Crippen LogP contribution in [0.15, 0.2) is 35.7 Å². The molecule has 146 valence electrons. The molecule has 1 saturated carbocycles. The molecular formula is C21H23N3O3S. The first-order valence-corrected chi connectivity index (χ1v) is 10.1. The second-order valence-electron chi connectivity index (χ2n) is 7.04. The lowest BCUT2D eigenvalue weighted by molar-refractivity contribution is 0.0999. The van der Waals surface area contributed by atoms with E-state index in [1.807, 2.05) is 42.6 Å². The quantitative estimate of drug-likeness (QED) is 0.623. The van der Waals surface area contributed by atoms with Gasteiger partial charge in [0.15, 0.2) is 0 Å². The van der Waals surface area contributed by atoms with E-state index in [4.69, 9.17) is 20.2 Å². The summed E-state index contributed by atoms with van der Waals surface area (Å²) in [5.74, 6) is 1.84. The van der Waals surface area contributed by atoms with Crippen LogP contribution in [0.3, 0.4) is 0 Å². The SMILES string of the molecule is COc1ccc(OCc2nc(-c3cc(C(N)=O)c(C)n3CC3CC3)cs2)cc1. The van der Waals surface area contributed by atoms with Crippen molar-refractivity contribution in [1.29, 1.82) is 0 Å². The first-order valence-electron chi connectivity index (χ1n) is 9.26. The molecule has 1 aliphatic carbocycles. The molecule has 2 aromatic heterocycles. The molecule has 2 heterocycles. The number of nitrogens with zero attached hydrogens (tertiary/aromatic N) is 2. The molecule has 0 radical (unpaired) electrons. The zero-order valence-electron chi connectivity index (χ0n) is 16.0. The lowest BCUT2D eigenvalue weighted by Gasteiger charge is -2.09. The lowest BCUT2D eigenvalue weighted by Crippen LogP contribution is -2.12. The summed E-state index contributed by atoms with van der Waals surface area (Å²) in [6.07, 6.45) is 2.47. The molecule has 0 aliphatic heterocycles. The average Bonchev–Trinajstić information content (AvgIpc) is 3.29. The van der Waals surface area contributed by atoms with E-state index in [1.54, 1.807) is 18.4 Å². The average molecular weight is 398 g/mol. The van der Waals surface area contributed by atoms with Gasteiger partial charge in [0.1, 0.15) is 23.1 Å². The number of primary amides is 1. The molecule has 1 aromatic carbocycles. The largest absolute Gasteiger partial charge is 0.497 e. The van der Waals surface area contributed by atoms with Gasteiger partial charge in [0.25, 0.3) is 5.91 Å². The van der Waals surface area contributed by atoms with Crippen molar-refractivity contribution in [3.63, 3.8) is 0 Å². The van der Waals surface area contributed by atoms with E-state index >= 15 is 0 Å². The Morgan fingerprint density at radius 3 is 2.64 bits per heavy atom. The molecule has 0 saturated heterocycles. The molecule has 1 aliphatic rings. The number of methoxy groups -OCH3 is 1. The van der Waals surface area contributed by atoms with Crippen molar-refractivity contribution in [3.05, 3.63) is 52.0 Å². The van der Waals surface area contributed by atoms with Crippen LogP contribution < -0.4 is 15.2 Å². The highest BCUT2D eigenvalue weighted by molar-refractivity contribution is 7.09. The van der Waals surface area contributed by atoms with Crippen LogP contribution in [0.4, 0.5) is 0 Å². The number of aromatic nitrogens is 2. The van der Waals surface area contributed by atoms with Gasteiger partial charge in [-0.25, -0.2) is 4.98 Å². The Morgan fingerprint density at radius 1 is 1.29 bits per heavy atom. The summed E-state index contributed by atoms with van der Waals surface area (Å²) in [5.41, 5.74) is 8.85. The minimum absolute atomic E-state index is 0.391. The molecule has 4 rings (SSSR count). The highest BCUT2D eigenvalue weighted by Crippen LogP contribution is 2.35. The summed E-state index contributed by atoms with van der Waals surface area (Å²) in [6.45, 7) is 3.25. The van der Waals surface area contributed by atoms with Crippen LogP contribution in [0.5, 0.6) is 11.5 Å². The number of nitrogens with two attached hydrogens (primary N) is 1. The molecule has 0 bridgehead atoms. The van der Waals surface area contributed by atoms with E-state index in [9.17, 15) is 4.79 Å². The van der Waals surface area contributed by atoms with Gasteiger partial charge in [-0.3, -0.25) is 4.79 Å². The summed E-state index contributed by atoms with van der Waals surface area (Å²) < 4.78 is 13.2. The first-order chi connectivity index (χ1) is 13.5. The summed E-state index contributed by atoms with van der Waals surface area (Å²) in [4.78, 5) is 16.5. The van der Waals surface area contributed by atoms with Gasteiger partial charge >= 0.3 is 0 Å². The molecule has 7 heteroatoms. The molecule has 0 unspecified atom stereocenters. The molecular weight excluding hydrogens is 374 g/mol. The van der Waals surface area contributed by atoms with Gasteiger partial charge in [-0.05, 0) is 56.0 Å². The van der Waals surface area contributed by atoms with Crippen LogP contribution in [0, 0.1) is 12.8 Å². The molecule has 0 atom stereocenters. The maximum absolute atomic E-state index is 11.8. The molecule has 28 heavy (non-hydrogen) atoms. The Morgan fingerprint density at radius 2 is 2.00 bits per heavy atom. The topological polar surface area (TPSA) is 79.4 Å². The number of carbonyl (C=O) groups is 1. The van der Waals surface area contributed by atoms with Crippen molar-refractivity contribution in [3.8, 4) is 22.9 Å². The van der Waals surface area contributed by atoms with E-state index < -0.39 is 5.91 Å². The van der Waals surface area contributed by atoms with Crippen molar-refractivity contribution in [1.82, 2.24) is 9.55 Å². The van der Waals surface area contributed by atoms with E-state index in [0.717, 1.165) is 40.1 Å². The molecule has 3 aromatic rings. The fraction of sp³-hybridized carbons (Fsp3) is 0.333. The van der Waals surface area contributed by atoms with Gasteiger partial charge in [0.2, 0.25) is 0 Å². The highest BCUT2D eigenvalue weighted by Gasteiger charge is 2.26. The monoisotopic (exact) mass is 397 g/mol. The summed E-state index contributed by atoms with van der Waals surface area (Å²) in [6, 6.07) is 9.33. The van der Waals surface area contributed by atoms with Crippen molar-refractivity contribution in [2.75, 3.05) is 7.11 Å². The van der Waals surface area contributed by atoms with Crippen LogP contribution in [-0.2, 0) is 13.2 Å². The Balaban J connectivity index is 1.53. The number of hydrogen-bond acceptors (Lipinski definition) is 5. The van der Waals surface area contributed by atoms with E-state index in [2.05, 4.69) is 4.57 Å². The van der Waals surface area contributed by atoms with Gasteiger partial charge < -0.3 is 19.8 Å². The van der Waals surface area contributed by atoms with Gasteiger partial charge in [0.05, 0.1) is 24.1 Å². The third-order valence-electron chi connectivity index (χ3n) is 5.01. The summed E-state index contributed by atoms with van der Waals surface area (Å²) in [7, 11) is 1.64. The van der Waals surface area contributed by atoms with Crippen LogP contribution in [0.2, 0.25) is 0 Å². The molecule has 1 amide bonds. The number of carbonyl (C=O) groups excluding carboxylic acids is 1. The number of benzene rings is 1. The van der Waals surface area contributed by atoms with Crippen LogP contribution in [-0.4, -0.2) is 22.6 Å². The summed E-state index contributed by atoms with van der Waals surface area (Å²) >= 11 is 1.55. The minimum Gasteiger partial charge on any atom is -0.497 e. The third kappa shape index (κ3) is 3.89. The highest BCUT2D eigenvalue weighted by atomic mass is 32.1. The predicted octanol–water partition coefficient (Wildman–Crippen LogP) is 4.02. The van der Waals surface area contributed by atoms with Crippen LogP contribution in [0.1, 0.15) is 33.9 Å². The van der Waals surface area contributed by atoms with Crippen LogP contribution in [0.25, 0.3) is 11.4 Å². The molecule has 6 nitrogen and oxygen atoms in total. The van der Waals surface area contributed by atoms with E-state index in [1.165, 1.54) is 12.8 Å². The second-order valence-corrected chi connectivity index (χ2v) is 7.98. The Bertz CT molecular complexity index is 987. The Kier molecular flexibility index (Phi) is 5.09. The number of rotatable bonds is 8. The molecule has 1 fully saturated rings. The maximum Gasteiger partial charge on any atom is 0.250 e. The maximum atomic E-state index is 11.8. The van der Waals surface area contributed by atoms with Gasteiger partial charge in [-0.2, -0.15) is 0 Å². The minimum atomic E-state index is -0.397. The second kappa shape index (κ2) is 7.67. The number of ether oxygens (including phenoxy) is 2. The smallest absolute Gasteiger partial charge is 0.250 e. The third-order valence-corrected chi connectivity index (χ3v) is 5.83. The van der Waals surface area contributed by atoms with Gasteiger partial charge in [-0.15, -0.1) is 11.3 Å². The zero-order valence-corrected chi connectivity index (χ0v) is 16.8. The fourth-order valence-electron chi connectivity index (χ4n) is 3.21. The lowest BCUT2D eigenvalue weighted by atomic mass is 10.2. The summed E-state index contributed by atoms with van der Waals surface area (Å²) in [5, 5.41) is 2.89.